The molecule has 0 N–H and O–H groups in total. The molecule has 0 bridgehead atoms. The van der Waals surface area contributed by atoms with Crippen molar-refractivity contribution in [1.29, 1.82) is 0 Å². The number of hydrogen-bond acceptors (Lipinski definition) is 1. The molecule has 1 nitrogen and oxygen atoms in total. The maximum atomic E-state index is 6.07. The van der Waals surface area contributed by atoms with E-state index < -0.39 is 0 Å². The van der Waals surface area contributed by atoms with Gasteiger partial charge in [-0.15, -0.1) is 0 Å². The SMILES string of the molecule is Cc1ccc2c(c1C)OC(C)(C)CC2Br. The van der Waals surface area contributed by atoms with Crippen LogP contribution in [0.4, 0.5) is 0 Å². The predicted octanol–water partition coefficient (Wildman–Crippen LogP) is 4.30. The summed E-state index contributed by atoms with van der Waals surface area (Å²) in [6, 6.07) is 4.34. The number of ether oxygens (including phenoxy) is 1. The van der Waals surface area contributed by atoms with Crippen molar-refractivity contribution in [2.75, 3.05) is 0 Å². The van der Waals surface area contributed by atoms with E-state index in [4.69, 9.17) is 4.74 Å². The molecule has 0 fully saturated rings. The maximum absolute atomic E-state index is 6.07. The van der Waals surface area contributed by atoms with E-state index in [1.807, 2.05) is 0 Å². The lowest BCUT2D eigenvalue weighted by atomic mass is 9.91. The average Bonchev–Trinajstić information content (AvgIpc) is 2.10. The first-order valence-corrected chi connectivity index (χ1v) is 6.25. The van der Waals surface area contributed by atoms with Crippen LogP contribution < -0.4 is 4.74 Å². The van der Waals surface area contributed by atoms with Crippen molar-refractivity contribution in [3.05, 3.63) is 28.8 Å². The molecule has 1 aliphatic rings. The van der Waals surface area contributed by atoms with Gasteiger partial charge in [0, 0.05) is 16.8 Å². The highest BCUT2D eigenvalue weighted by Gasteiger charge is 2.33. The summed E-state index contributed by atoms with van der Waals surface area (Å²) in [5.41, 5.74) is 3.79. The lowest BCUT2D eigenvalue weighted by molar-refractivity contribution is 0.0831. The Hall–Kier alpha value is -0.500. The fraction of sp³-hybridized carbons (Fsp3) is 0.538. The van der Waals surface area contributed by atoms with Gasteiger partial charge in [0.1, 0.15) is 11.4 Å². The van der Waals surface area contributed by atoms with Crippen LogP contribution in [0, 0.1) is 13.8 Å². The Labute approximate surface area is 100.0 Å². The van der Waals surface area contributed by atoms with E-state index in [9.17, 15) is 0 Å². The molecule has 1 aromatic carbocycles. The minimum absolute atomic E-state index is 0.0697. The molecule has 0 amide bonds. The van der Waals surface area contributed by atoms with Crippen molar-refractivity contribution in [1.82, 2.24) is 0 Å². The van der Waals surface area contributed by atoms with Gasteiger partial charge in [-0.2, -0.15) is 0 Å². The van der Waals surface area contributed by atoms with Crippen LogP contribution in [0.2, 0.25) is 0 Å². The van der Waals surface area contributed by atoms with Crippen molar-refractivity contribution in [3.8, 4) is 5.75 Å². The predicted molar refractivity (Wildman–Crippen MR) is 66.9 cm³/mol. The number of alkyl halides is 1. The second kappa shape index (κ2) is 3.51. The summed E-state index contributed by atoms with van der Waals surface area (Å²) in [6.45, 7) is 8.55. The third-order valence-corrected chi connectivity index (χ3v) is 3.91. The third kappa shape index (κ3) is 1.92. The fourth-order valence-electron chi connectivity index (χ4n) is 2.05. The summed E-state index contributed by atoms with van der Waals surface area (Å²) < 4.78 is 6.07. The standard InChI is InChI=1S/C13H17BrO/c1-8-5-6-10-11(14)7-13(3,4)15-12(10)9(8)2/h5-6,11H,7H2,1-4H3. The smallest absolute Gasteiger partial charge is 0.127 e. The minimum atomic E-state index is -0.0697. The third-order valence-electron chi connectivity index (χ3n) is 3.09. The maximum Gasteiger partial charge on any atom is 0.127 e. The minimum Gasteiger partial charge on any atom is -0.487 e. The van der Waals surface area contributed by atoms with E-state index in [0.717, 1.165) is 12.2 Å². The summed E-state index contributed by atoms with van der Waals surface area (Å²) >= 11 is 3.74. The second-order valence-electron chi connectivity index (χ2n) is 4.96. The molecule has 1 aliphatic heterocycles. The van der Waals surface area contributed by atoms with E-state index >= 15 is 0 Å². The zero-order valence-corrected chi connectivity index (χ0v) is 11.3. The van der Waals surface area contributed by atoms with Gasteiger partial charge in [-0.1, -0.05) is 28.1 Å². The molecular formula is C13H17BrO. The van der Waals surface area contributed by atoms with Gasteiger partial charge in [-0.25, -0.2) is 0 Å². The van der Waals surface area contributed by atoms with Gasteiger partial charge in [0.2, 0.25) is 0 Å². The number of benzene rings is 1. The molecule has 1 heterocycles. The first-order chi connectivity index (χ1) is 6.91. The molecule has 1 unspecified atom stereocenters. The fourth-order valence-corrected chi connectivity index (χ4v) is 3.19. The molecule has 0 saturated heterocycles. The van der Waals surface area contributed by atoms with E-state index in [1.54, 1.807) is 0 Å². The lowest BCUT2D eigenvalue weighted by Gasteiger charge is -2.36. The van der Waals surface area contributed by atoms with Gasteiger partial charge in [0.05, 0.1) is 0 Å². The Morgan fingerprint density at radius 3 is 2.67 bits per heavy atom. The molecule has 0 spiro atoms. The highest BCUT2D eigenvalue weighted by atomic mass is 79.9. The number of halogens is 1. The molecule has 0 saturated carbocycles. The summed E-state index contributed by atoms with van der Waals surface area (Å²) in [4.78, 5) is 0.413. The first kappa shape index (κ1) is 11.0. The van der Waals surface area contributed by atoms with Crippen molar-refractivity contribution in [2.24, 2.45) is 0 Å². The Balaban J connectivity index is 2.56. The van der Waals surface area contributed by atoms with Crippen molar-refractivity contribution in [3.63, 3.8) is 0 Å². The quantitative estimate of drug-likeness (QED) is 0.638. The number of rotatable bonds is 0. The van der Waals surface area contributed by atoms with Crippen LogP contribution in [0.15, 0.2) is 12.1 Å². The Kier molecular flexibility index (Phi) is 2.58. The first-order valence-electron chi connectivity index (χ1n) is 5.34. The normalized spacial score (nSPS) is 23.1. The van der Waals surface area contributed by atoms with E-state index in [-0.39, 0.29) is 5.60 Å². The van der Waals surface area contributed by atoms with Crippen molar-refractivity contribution >= 4 is 15.9 Å². The zero-order valence-electron chi connectivity index (χ0n) is 9.73. The van der Waals surface area contributed by atoms with Crippen LogP contribution in [0.1, 0.15) is 41.8 Å². The van der Waals surface area contributed by atoms with Gasteiger partial charge >= 0.3 is 0 Å². The largest absolute Gasteiger partial charge is 0.487 e. The van der Waals surface area contributed by atoms with Gasteiger partial charge in [-0.3, -0.25) is 0 Å². The van der Waals surface area contributed by atoms with Crippen LogP contribution in [0.3, 0.4) is 0 Å². The van der Waals surface area contributed by atoms with Crippen LogP contribution in [0.25, 0.3) is 0 Å². The van der Waals surface area contributed by atoms with E-state index in [2.05, 4.69) is 55.8 Å². The van der Waals surface area contributed by atoms with E-state index in [0.29, 0.717) is 4.83 Å². The number of hydrogen-bond donors (Lipinski definition) is 0. The Morgan fingerprint density at radius 2 is 2.00 bits per heavy atom. The molecule has 15 heavy (non-hydrogen) atoms. The Morgan fingerprint density at radius 1 is 1.33 bits per heavy atom. The Bertz CT molecular complexity index is 396. The van der Waals surface area contributed by atoms with Gasteiger partial charge in [0.25, 0.3) is 0 Å². The molecule has 0 aliphatic carbocycles. The van der Waals surface area contributed by atoms with Crippen LogP contribution in [0.5, 0.6) is 5.75 Å². The van der Waals surface area contributed by atoms with Crippen LogP contribution >= 0.6 is 15.9 Å². The zero-order chi connectivity index (χ0) is 11.2. The average molecular weight is 269 g/mol. The molecule has 1 aromatic rings. The van der Waals surface area contributed by atoms with Crippen molar-refractivity contribution in [2.45, 2.75) is 44.5 Å². The molecular weight excluding hydrogens is 252 g/mol. The van der Waals surface area contributed by atoms with E-state index in [1.165, 1.54) is 16.7 Å². The second-order valence-corrected chi connectivity index (χ2v) is 6.06. The van der Waals surface area contributed by atoms with Crippen LogP contribution in [-0.4, -0.2) is 5.60 Å². The highest BCUT2D eigenvalue weighted by Crippen LogP contribution is 2.45. The molecule has 0 radical (unpaired) electrons. The monoisotopic (exact) mass is 268 g/mol. The van der Waals surface area contributed by atoms with Gasteiger partial charge in [-0.05, 0) is 38.8 Å². The summed E-state index contributed by atoms with van der Waals surface area (Å²) in [5.74, 6) is 1.08. The summed E-state index contributed by atoms with van der Waals surface area (Å²) in [5, 5.41) is 0. The number of aryl methyl sites for hydroxylation is 1. The topological polar surface area (TPSA) is 9.23 Å². The highest BCUT2D eigenvalue weighted by molar-refractivity contribution is 9.09. The summed E-state index contributed by atoms with van der Waals surface area (Å²) in [6.07, 6.45) is 1.02. The van der Waals surface area contributed by atoms with Crippen LogP contribution in [-0.2, 0) is 0 Å². The van der Waals surface area contributed by atoms with Gasteiger partial charge < -0.3 is 4.74 Å². The molecule has 2 heteroatoms. The molecule has 0 aromatic heterocycles. The molecule has 82 valence electrons. The number of fused-ring (bicyclic) bond motifs is 1. The molecule has 1 atom stereocenters. The lowest BCUT2D eigenvalue weighted by Crippen LogP contribution is -2.33. The van der Waals surface area contributed by atoms with Crippen molar-refractivity contribution < 1.29 is 4.74 Å². The molecule has 2 rings (SSSR count). The summed E-state index contributed by atoms with van der Waals surface area (Å²) in [7, 11) is 0. The van der Waals surface area contributed by atoms with Gasteiger partial charge in [0.15, 0.2) is 0 Å².